The van der Waals surface area contributed by atoms with E-state index < -0.39 is 6.04 Å². The van der Waals surface area contributed by atoms with Crippen LogP contribution in [0.3, 0.4) is 0 Å². The van der Waals surface area contributed by atoms with Gasteiger partial charge >= 0.3 is 0 Å². The van der Waals surface area contributed by atoms with Crippen molar-refractivity contribution in [2.24, 2.45) is 0 Å². The first-order chi connectivity index (χ1) is 15.6. The molecule has 4 rings (SSSR count). The summed E-state index contributed by atoms with van der Waals surface area (Å²) in [7, 11) is 1.56. The first-order valence-electron chi connectivity index (χ1n) is 10.2. The van der Waals surface area contributed by atoms with Gasteiger partial charge in [-0.25, -0.2) is 9.37 Å². The molecule has 0 saturated carbocycles. The fraction of sp³-hybridized carbons (Fsp3) is 0.208. The van der Waals surface area contributed by atoms with E-state index in [9.17, 15) is 9.18 Å². The van der Waals surface area contributed by atoms with E-state index in [2.05, 4.69) is 10.3 Å². The van der Waals surface area contributed by atoms with Crippen molar-refractivity contribution in [1.29, 1.82) is 0 Å². The van der Waals surface area contributed by atoms with E-state index in [0.29, 0.717) is 34.3 Å². The summed E-state index contributed by atoms with van der Waals surface area (Å²) in [5.74, 6) is 0.536. The van der Waals surface area contributed by atoms with Gasteiger partial charge in [0.05, 0.1) is 30.0 Å². The zero-order valence-corrected chi connectivity index (χ0v) is 18.6. The highest BCUT2D eigenvalue weighted by atomic mass is 32.2. The number of nitrogens with one attached hydrogen (secondary N) is 1. The lowest BCUT2D eigenvalue weighted by atomic mass is 10.2. The van der Waals surface area contributed by atoms with Crippen molar-refractivity contribution in [2.45, 2.75) is 30.3 Å². The zero-order valence-electron chi connectivity index (χ0n) is 17.8. The molecule has 1 amide bonds. The van der Waals surface area contributed by atoms with Crippen molar-refractivity contribution in [1.82, 2.24) is 14.5 Å². The predicted molar refractivity (Wildman–Crippen MR) is 124 cm³/mol. The van der Waals surface area contributed by atoms with Gasteiger partial charge in [0, 0.05) is 11.9 Å². The summed E-state index contributed by atoms with van der Waals surface area (Å²) in [5, 5.41) is 3.61. The van der Waals surface area contributed by atoms with E-state index in [1.54, 1.807) is 49.8 Å². The average Bonchev–Trinajstić information content (AvgIpc) is 3.18. The lowest BCUT2D eigenvalue weighted by Crippen LogP contribution is -2.26. The smallest absolute Gasteiger partial charge is 0.247 e. The van der Waals surface area contributed by atoms with E-state index in [1.165, 1.54) is 17.8 Å². The standard InChI is InChI=1S/C24H23FN4O2S/c1-3-20(23(30)27-19-10-6-7-11-22(19)31-2)29-21-14-26-13-12-18(21)28-24(29)32-15-16-8-4-5-9-17(16)25/h4-14,20H,3,15H2,1-2H3,(H,27,30)/t20-/m0/s1. The quantitative estimate of drug-likeness (QED) is 0.361. The van der Waals surface area contributed by atoms with Crippen LogP contribution in [0.5, 0.6) is 5.75 Å². The highest BCUT2D eigenvalue weighted by molar-refractivity contribution is 7.98. The Labute approximate surface area is 189 Å². The topological polar surface area (TPSA) is 69.0 Å². The molecule has 8 heteroatoms. The molecule has 32 heavy (non-hydrogen) atoms. The molecule has 0 aliphatic carbocycles. The minimum atomic E-state index is -0.530. The van der Waals surface area contributed by atoms with Gasteiger partial charge in [-0.1, -0.05) is 49.0 Å². The number of para-hydroxylation sites is 2. The van der Waals surface area contributed by atoms with Gasteiger partial charge < -0.3 is 14.6 Å². The summed E-state index contributed by atoms with van der Waals surface area (Å²) < 4.78 is 21.4. The Balaban J connectivity index is 1.68. The fourth-order valence-corrected chi connectivity index (χ4v) is 4.58. The van der Waals surface area contributed by atoms with Crippen LogP contribution in [0.2, 0.25) is 0 Å². The zero-order chi connectivity index (χ0) is 22.5. The third kappa shape index (κ3) is 4.45. The number of imidazole rings is 1. The van der Waals surface area contributed by atoms with E-state index in [4.69, 9.17) is 9.72 Å². The third-order valence-electron chi connectivity index (χ3n) is 5.14. The van der Waals surface area contributed by atoms with Crippen molar-refractivity contribution in [3.8, 4) is 5.75 Å². The molecule has 164 valence electrons. The van der Waals surface area contributed by atoms with E-state index >= 15 is 0 Å². The maximum Gasteiger partial charge on any atom is 0.247 e. The largest absolute Gasteiger partial charge is 0.495 e. The lowest BCUT2D eigenvalue weighted by molar-refractivity contribution is -0.119. The molecule has 4 aromatic rings. The number of thioether (sulfide) groups is 1. The summed E-state index contributed by atoms with van der Waals surface area (Å²) in [6.45, 7) is 1.94. The van der Waals surface area contributed by atoms with Crippen LogP contribution < -0.4 is 10.1 Å². The van der Waals surface area contributed by atoms with Crippen molar-refractivity contribution in [3.63, 3.8) is 0 Å². The number of nitrogens with zero attached hydrogens (tertiary/aromatic N) is 3. The van der Waals surface area contributed by atoms with Crippen molar-refractivity contribution >= 4 is 34.4 Å². The summed E-state index contributed by atoms with van der Waals surface area (Å²) in [5.41, 5.74) is 2.67. The van der Waals surface area contributed by atoms with Crippen LogP contribution in [0.25, 0.3) is 11.0 Å². The van der Waals surface area contributed by atoms with Gasteiger partial charge in [-0.15, -0.1) is 0 Å². The average molecular weight is 451 g/mol. The van der Waals surface area contributed by atoms with Crippen LogP contribution in [-0.2, 0) is 10.5 Å². The molecule has 0 saturated heterocycles. The first-order valence-corrected chi connectivity index (χ1v) is 11.2. The first kappa shape index (κ1) is 21.8. The number of rotatable bonds is 8. The van der Waals surface area contributed by atoms with Crippen LogP contribution in [0.15, 0.2) is 72.1 Å². The minimum absolute atomic E-state index is 0.187. The molecule has 0 aliphatic heterocycles. The van der Waals surface area contributed by atoms with Gasteiger partial charge in [0.1, 0.15) is 17.6 Å². The van der Waals surface area contributed by atoms with E-state index in [1.807, 2.05) is 29.7 Å². The number of methoxy groups -OCH3 is 1. The van der Waals surface area contributed by atoms with Crippen molar-refractivity contribution in [2.75, 3.05) is 12.4 Å². The molecule has 0 spiro atoms. The second-order valence-corrected chi connectivity index (χ2v) is 8.06. The van der Waals surface area contributed by atoms with Gasteiger partial charge in [0.15, 0.2) is 5.16 Å². The molecule has 1 atom stereocenters. The Bertz CT molecular complexity index is 1240. The molecule has 0 bridgehead atoms. The SMILES string of the molecule is CC[C@@H](C(=O)Nc1ccccc1OC)n1c(SCc2ccccc2F)nc2ccncc21. The second-order valence-electron chi connectivity index (χ2n) is 7.12. The summed E-state index contributed by atoms with van der Waals surface area (Å²) in [4.78, 5) is 22.3. The number of carbonyl (C=O) groups is 1. The number of carbonyl (C=O) groups excluding carboxylic acids is 1. The molecule has 0 fully saturated rings. The van der Waals surface area contributed by atoms with Gasteiger partial charge in [0.2, 0.25) is 5.91 Å². The Kier molecular flexibility index (Phi) is 6.70. The normalized spacial score (nSPS) is 12.0. The molecule has 1 N–H and O–H groups in total. The van der Waals surface area contributed by atoms with Crippen LogP contribution >= 0.6 is 11.8 Å². The van der Waals surface area contributed by atoms with Gasteiger partial charge in [-0.05, 0) is 36.2 Å². The molecule has 0 aliphatic rings. The Hall–Kier alpha value is -3.39. The van der Waals surface area contributed by atoms with Gasteiger partial charge in [0.25, 0.3) is 0 Å². The lowest BCUT2D eigenvalue weighted by Gasteiger charge is -2.20. The molecule has 2 aromatic carbocycles. The summed E-state index contributed by atoms with van der Waals surface area (Å²) in [6, 6.07) is 15.2. The monoisotopic (exact) mass is 450 g/mol. The van der Waals surface area contributed by atoms with E-state index in [0.717, 1.165) is 11.0 Å². The number of hydrogen-bond donors (Lipinski definition) is 1. The van der Waals surface area contributed by atoms with Crippen molar-refractivity contribution in [3.05, 3.63) is 78.4 Å². The highest BCUT2D eigenvalue weighted by Gasteiger charge is 2.25. The summed E-state index contributed by atoms with van der Waals surface area (Å²) >= 11 is 1.39. The Morgan fingerprint density at radius 1 is 1.19 bits per heavy atom. The van der Waals surface area contributed by atoms with Crippen LogP contribution in [-0.4, -0.2) is 27.6 Å². The van der Waals surface area contributed by atoms with Crippen molar-refractivity contribution < 1.29 is 13.9 Å². The number of hydrogen-bond acceptors (Lipinski definition) is 5. The number of ether oxygens (including phenoxy) is 1. The van der Waals surface area contributed by atoms with Crippen LogP contribution in [0.1, 0.15) is 24.9 Å². The fourth-order valence-electron chi connectivity index (χ4n) is 3.53. The van der Waals surface area contributed by atoms with Gasteiger partial charge in [-0.2, -0.15) is 0 Å². The number of aromatic nitrogens is 3. The Morgan fingerprint density at radius 3 is 2.75 bits per heavy atom. The molecule has 6 nitrogen and oxygen atoms in total. The number of pyridine rings is 1. The summed E-state index contributed by atoms with van der Waals surface area (Å²) in [6.07, 6.45) is 3.91. The van der Waals surface area contributed by atoms with Crippen LogP contribution in [0, 0.1) is 5.82 Å². The minimum Gasteiger partial charge on any atom is -0.495 e. The third-order valence-corrected chi connectivity index (χ3v) is 6.14. The second kappa shape index (κ2) is 9.82. The Morgan fingerprint density at radius 2 is 1.97 bits per heavy atom. The molecule has 0 unspecified atom stereocenters. The van der Waals surface area contributed by atoms with Crippen LogP contribution in [0.4, 0.5) is 10.1 Å². The number of anilines is 1. The number of benzene rings is 2. The molecular formula is C24H23FN4O2S. The number of amides is 1. The molecular weight excluding hydrogens is 427 g/mol. The molecule has 2 aromatic heterocycles. The molecule has 2 heterocycles. The number of fused-ring (bicyclic) bond motifs is 1. The van der Waals surface area contributed by atoms with E-state index in [-0.39, 0.29) is 11.7 Å². The predicted octanol–water partition coefficient (Wildman–Crippen LogP) is 5.46. The maximum atomic E-state index is 14.1. The highest BCUT2D eigenvalue weighted by Crippen LogP contribution is 2.32. The molecule has 0 radical (unpaired) electrons. The maximum absolute atomic E-state index is 14.1. The number of halogens is 1. The van der Waals surface area contributed by atoms with Gasteiger partial charge in [-0.3, -0.25) is 9.78 Å².